The molecule has 1 saturated heterocycles. The van der Waals surface area contributed by atoms with Gasteiger partial charge >= 0.3 is 0 Å². The number of hydrogen-bond donors (Lipinski definition) is 2. The van der Waals surface area contributed by atoms with Crippen molar-refractivity contribution >= 4 is 5.82 Å². The Morgan fingerprint density at radius 3 is 2.74 bits per heavy atom. The van der Waals surface area contributed by atoms with E-state index in [1.54, 1.807) is 6.07 Å². The van der Waals surface area contributed by atoms with Crippen molar-refractivity contribution in [1.82, 2.24) is 10.2 Å². The van der Waals surface area contributed by atoms with Crippen LogP contribution in [-0.4, -0.2) is 23.1 Å². The van der Waals surface area contributed by atoms with Crippen molar-refractivity contribution in [3.63, 3.8) is 0 Å². The van der Waals surface area contributed by atoms with Crippen molar-refractivity contribution < 1.29 is 9.47 Å². The van der Waals surface area contributed by atoms with E-state index in [4.69, 9.17) is 15.2 Å². The molecule has 0 amide bonds. The van der Waals surface area contributed by atoms with Crippen LogP contribution in [0.15, 0.2) is 30.3 Å². The molecule has 1 aromatic carbocycles. The molecule has 0 aliphatic carbocycles. The van der Waals surface area contributed by atoms with Crippen LogP contribution in [-0.2, 0) is 4.74 Å². The van der Waals surface area contributed by atoms with Gasteiger partial charge in [-0.05, 0) is 42.7 Å². The SMILES string of the molecule is Nc1cc(-c2ccc(OC3CCCCO3)cc2)[nH]n1. The molecule has 1 aliphatic heterocycles. The number of nitrogen functional groups attached to an aromatic ring is 1. The molecule has 3 rings (SSSR count). The predicted molar refractivity (Wildman–Crippen MR) is 72.7 cm³/mol. The molecule has 2 aromatic rings. The number of nitrogens with zero attached hydrogens (tertiary/aromatic N) is 1. The molecule has 0 bridgehead atoms. The Balaban J connectivity index is 1.68. The average molecular weight is 259 g/mol. The van der Waals surface area contributed by atoms with Crippen molar-refractivity contribution in [3.05, 3.63) is 30.3 Å². The lowest BCUT2D eigenvalue weighted by Gasteiger charge is -2.23. The lowest BCUT2D eigenvalue weighted by atomic mass is 10.1. The highest BCUT2D eigenvalue weighted by Gasteiger charge is 2.15. The molecule has 0 saturated carbocycles. The molecule has 19 heavy (non-hydrogen) atoms. The van der Waals surface area contributed by atoms with Gasteiger partial charge < -0.3 is 15.2 Å². The molecule has 1 atom stereocenters. The topological polar surface area (TPSA) is 73.2 Å². The highest BCUT2D eigenvalue weighted by atomic mass is 16.7. The first-order valence-corrected chi connectivity index (χ1v) is 6.51. The Bertz CT molecular complexity index is 530. The number of hydrogen-bond acceptors (Lipinski definition) is 4. The van der Waals surface area contributed by atoms with Gasteiger partial charge in [0.1, 0.15) is 11.6 Å². The number of nitrogens with two attached hydrogens (primary N) is 1. The quantitative estimate of drug-likeness (QED) is 0.888. The van der Waals surface area contributed by atoms with Crippen LogP contribution in [0.3, 0.4) is 0 Å². The number of aromatic nitrogens is 2. The fraction of sp³-hybridized carbons (Fsp3) is 0.357. The standard InChI is InChI=1S/C14H17N3O2/c15-13-9-12(16-17-13)10-4-6-11(7-5-10)19-14-3-1-2-8-18-14/h4-7,9,14H,1-3,8H2,(H3,15,16,17). The highest BCUT2D eigenvalue weighted by molar-refractivity contribution is 5.62. The van der Waals surface area contributed by atoms with Crippen molar-refractivity contribution in [2.75, 3.05) is 12.3 Å². The van der Waals surface area contributed by atoms with Gasteiger partial charge in [-0.1, -0.05) is 0 Å². The summed E-state index contributed by atoms with van der Waals surface area (Å²) >= 11 is 0. The molecular formula is C14H17N3O2. The summed E-state index contributed by atoms with van der Waals surface area (Å²) in [6.45, 7) is 0.788. The van der Waals surface area contributed by atoms with Crippen LogP contribution in [0.25, 0.3) is 11.3 Å². The van der Waals surface area contributed by atoms with Crippen LogP contribution < -0.4 is 10.5 Å². The van der Waals surface area contributed by atoms with E-state index in [0.29, 0.717) is 5.82 Å². The molecule has 100 valence electrons. The van der Waals surface area contributed by atoms with Gasteiger partial charge in [-0.25, -0.2) is 0 Å². The summed E-state index contributed by atoms with van der Waals surface area (Å²) in [5.74, 6) is 1.31. The number of aromatic amines is 1. The monoisotopic (exact) mass is 259 g/mol. The maximum atomic E-state index is 5.78. The molecule has 5 heteroatoms. The summed E-state index contributed by atoms with van der Waals surface area (Å²) in [4.78, 5) is 0. The summed E-state index contributed by atoms with van der Waals surface area (Å²) in [6.07, 6.45) is 3.14. The van der Waals surface area contributed by atoms with Gasteiger partial charge in [0.2, 0.25) is 0 Å². The van der Waals surface area contributed by atoms with Crippen LogP contribution in [0.1, 0.15) is 19.3 Å². The van der Waals surface area contributed by atoms with E-state index in [1.165, 1.54) is 0 Å². The van der Waals surface area contributed by atoms with Crippen LogP contribution in [0.2, 0.25) is 0 Å². The number of H-pyrrole nitrogens is 1. The molecule has 1 aliphatic rings. The second kappa shape index (κ2) is 5.32. The normalized spacial score (nSPS) is 19.3. The van der Waals surface area contributed by atoms with Crippen LogP contribution in [0.5, 0.6) is 5.75 Å². The number of nitrogens with one attached hydrogen (secondary N) is 1. The molecule has 1 fully saturated rings. The predicted octanol–water partition coefficient (Wildman–Crippen LogP) is 2.56. The van der Waals surface area contributed by atoms with Crippen molar-refractivity contribution in [3.8, 4) is 17.0 Å². The fourth-order valence-corrected chi connectivity index (χ4v) is 2.15. The summed E-state index contributed by atoms with van der Waals surface area (Å²) in [5, 5.41) is 6.79. The molecule has 1 aromatic heterocycles. The van der Waals surface area contributed by atoms with Crippen molar-refractivity contribution in [2.45, 2.75) is 25.6 Å². The Labute approximate surface area is 111 Å². The zero-order chi connectivity index (χ0) is 13.1. The Hall–Kier alpha value is -2.01. The van der Waals surface area contributed by atoms with Gasteiger partial charge in [0.05, 0.1) is 12.3 Å². The largest absolute Gasteiger partial charge is 0.465 e. The zero-order valence-electron chi connectivity index (χ0n) is 10.6. The zero-order valence-corrected chi connectivity index (χ0v) is 10.6. The van der Waals surface area contributed by atoms with Crippen LogP contribution in [0.4, 0.5) is 5.82 Å². The van der Waals surface area contributed by atoms with Gasteiger partial charge in [-0.2, -0.15) is 5.10 Å². The minimum Gasteiger partial charge on any atom is -0.465 e. The summed E-state index contributed by atoms with van der Waals surface area (Å²) in [5.41, 5.74) is 7.52. The minimum atomic E-state index is -0.109. The Kier molecular flexibility index (Phi) is 3.37. The maximum Gasteiger partial charge on any atom is 0.199 e. The third-order valence-electron chi connectivity index (χ3n) is 3.17. The number of anilines is 1. The van der Waals surface area contributed by atoms with Gasteiger partial charge in [0.25, 0.3) is 0 Å². The lowest BCUT2D eigenvalue weighted by molar-refractivity contribution is -0.105. The second-order valence-corrected chi connectivity index (χ2v) is 4.64. The van der Waals surface area contributed by atoms with Crippen LogP contribution in [0, 0.1) is 0 Å². The van der Waals surface area contributed by atoms with E-state index in [0.717, 1.165) is 42.9 Å². The Morgan fingerprint density at radius 1 is 1.26 bits per heavy atom. The van der Waals surface area contributed by atoms with Gasteiger partial charge in [0.15, 0.2) is 6.29 Å². The van der Waals surface area contributed by atoms with Gasteiger partial charge in [0, 0.05) is 12.5 Å². The van der Waals surface area contributed by atoms with E-state index in [2.05, 4.69) is 10.2 Å². The average Bonchev–Trinajstić information content (AvgIpc) is 2.87. The van der Waals surface area contributed by atoms with E-state index in [-0.39, 0.29) is 6.29 Å². The third-order valence-corrected chi connectivity index (χ3v) is 3.17. The molecule has 5 nitrogen and oxygen atoms in total. The first-order valence-electron chi connectivity index (χ1n) is 6.51. The molecule has 0 radical (unpaired) electrons. The minimum absolute atomic E-state index is 0.109. The molecular weight excluding hydrogens is 242 g/mol. The summed E-state index contributed by atoms with van der Waals surface area (Å²) in [7, 11) is 0. The number of rotatable bonds is 3. The molecule has 2 heterocycles. The second-order valence-electron chi connectivity index (χ2n) is 4.64. The lowest BCUT2D eigenvalue weighted by Crippen LogP contribution is -2.24. The third kappa shape index (κ3) is 2.88. The smallest absolute Gasteiger partial charge is 0.199 e. The van der Waals surface area contributed by atoms with E-state index in [9.17, 15) is 0 Å². The van der Waals surface area contributed by atoms with Crippen molar-refractivity contribution in [2.24, 2.45) is 0 Å². The first-order chi connectivity index (χ1) is 9.31. The maximum absolute atomic E-state index is 5.78. The van der Waals surface area contributed by atoms with Crippen molar-refractivity contribution in [1.29, 1.82) is 0 Å². The molecule has 0 spiro atoms. The van der Waals surface area contributed by atoms with E-state index in [1.807, 2.05) is 24.3 Å². The fourth-order valence-electron chi connectivity index (χ4n) is 2.15. The Morgan fingerprint density at radius 2 is 2.11 bits per heavy atom. The molecule has 3 N–H and O–H groups in total. The molecule has 1 unspecified atom stereocenters. The van der Waals surface area contributed by atoms with E-state index < -0.39 is 0 Å². The van der Waals surface area contributed by atoms with E-state index >= 15 is 0 Å². The number of ether oxygens (including phenoxy) is 2. The van der Waals surface area contributed by atoms with Gasteiger partial charge in [-0.15, -0.1) is 0 Å². The summed E-state index contributed by atoms with van der Waals surface area (Å²) < 4.78 is 11.3. The first kappa shape index (κ1) is 12.0. The highest BCUT2D eigenvalue weighted by Crippen LogP contribution is 2.24. The van der Waals surface area contributed by atoms with Gasteiger partial charge in [-0.3, -0.25) is 5.10 Å². The summed E-state index contributed by atoms with van der Waals surface area (Å²) in [6, 6.07) is 9.63. The number of benzene rings is 1. The van der Waals surface area contributed by atoms with Crippen LogP contribution >= 0.6 is 0 Å².